The van der Waals surface area contributed by atoms with Gasteiger partial charge in [-0.2, -0.15) is 0 Å². The van der Waals surface area contributed by atoms with Crippen LogP contribution in [0.5, 0.6) is 11.5 Å². The maximum atomic E-state index is 6.04. The summed E-state index contributed by atoms with van der Waals surface area (Å²) in [7, 11) is 0. The van der Waals surface area contributed by atoms with Crippen LogP contribution in [0.3, 0.4) is 0 Å². The van der Waals surface area contributed by atoms with Gasteiger partial charge in [-0.05, 0) is 18.1 Å². The molecule has 0 spiro atoms. The minimum absolute atomic E-state index is 0.0124. The molecule has 0 aliphatic carbocycles. The third kappa shape index (κ3) is 2.07. The lowest BCUT2D eigenvalue weighted by molar-refractivity contribution is 0.0606. The predicted octanol–water partition coefficient (Wildman–Crippen LogP) is 1.81. The van der Waals surface area contributed by atoms with Crippen LogP contribution >= 0.6 is 0 Å². The predicted molar refractivity (Wildman–Crippen MR) is 59.2 cm³/mol. The van der Waals surface area contributed by atoms with Gasteiger partial charge < -0.3 is 15.2 Å². The lowest BCUT2D eigenvalue weighted by atomic mass is 9.99. The van der Waals surface area contributed by atoms with Crippen molar-refractivity contribution in [2.24, 2.45) is 11.7 Å². The highest BCUT2D eigenvalue weighted by molar-refractivity contribution is 5.40. The molecule has 2 N–H and O–H groups in total. The number of rotatable bonds is 2. The van der Waals surface area contributed by atoms with Gasteiger partial charge in [0.15, 0.2) is 11.5 Å². The summed E-state index contributed by atoms with van der Waals surface area (Å²) < 4.78 is 11.4. The zero-order valence-electron chi connectivity index (χ0n) is 9.14. The van der Waals surface area contributed by atoms with Gasteiger partial charge in [-0.1, -0.05) is 26.0 Å². The van der Waals surface area contributed by atoms with E-state index in [1.165, 1.54) is 0 Å². The lowest BCUT2D eigenvalue weighted by Crippen LogP contribution is -2.47. The molecule has 3 nitrogen and oxygen atoms in total. The van der Waals surface area contributed by atoms with E-state index in [1.807, 2.05) is 24.3 Å². The van der Waals surface area contributed by atoms with Crippen molar-refractivity contribution in [2.75, 3.05) is 6.61 Å². The first-order valence-corrected chi connectivity index (χ1v) is 5.32. The molecule has 0 aromatic heterocycles. The van der Waals surface area contributed by atoms with Crippen molar-refractivity contribution in [1.29, 1.82) is 0 Å². The molecule has 1 aromatic carbocycles. The largest absolute Gasteiger partial charge is 0.486 e. The van der Waals surface area contributed by atoms with Gasteiger partial charge in [0.1, 0.15) is 12.7 Å². The molecule has 15 heavy (non-hydrogen) atoms. The maximum Gasteiger partial charge on any atom is 0.161 e. The molecule has 0 fully saturated rings. The van der Waals surface area contributed by atoms with E-state index in [4.69, 9.17) is 15.2 Å². The Morgan fingerprint density at radius 3 is 2.60 bits per heavy atom. The van der Waals surface area contributed by atoms with E-state index < -0.39 is 0 Å². The minimum atomic E-state index is -0.0418. The van der Waals surface area contributed by atoms with Crippen LogP contribution in [0, 0.1) is 5.92 Å². The van der Waals surface area contributed by atoms with E-state index in [9.17, 15) is 0 Å². The van der Waals surface area contributed by atoms with E-state index in [2.05, 4.69) is 13.8 Å². The topological polar surface area (TPSA) is 44.5 Å². The van der Waals surface area contributed by atoms with Crippen LogP contribution in [0.25, 0.3) is 0 Å². The van der Waals surface area contributed by atoms with Crippen LogP contribution in [0.15, 0.2) is 24.3 Å². The molecule has 0 saturated heterocycles. The van der Waals surface area contributed by atoms with E-state index >= 15 is 0 Å². The molecular formula is C12H17NO2. The zero-order valence-corrected chi connectivity index (χ0v) is 9.14. The molecule has 0 saturated carbocycles. The van der Waals surface area contributed by atoms with Crippen LogP contribution in [-0.2, 0) is 0 Å². The molecule has 1 heterocycles. The number of ether oxygens (including phenoxy) is 2. The van der Waals surface area contributed by atoms with Gasteiger partial charge in [0.2, 0.25) is 0 Å². The fraction of sp³-hybridized carbons (Fsp3) is 0.500. The summed E-state index contributed by atoms with van der Waals surface area (Å²) in [4.78, 5) is 0. The second-order valence-corrected chi connectivity index (χ2v) is 4.24. The van der Waals surface area contributed by atoms with Gasteiger partial charge >= 0.3 is 0 Å². The first-order valence-electron chi connectivity index (χ1n) is 5.32. The van der Waals surface area contributed by atoms with Gasteiger partial charge in [0, 0.05) is 6.04 Å². The minimum Gasteiger partial charge on any atom is -0.486 e. The third-order valence-electron chi connectivity index (χ3n) is 2.73. The molecule has 0 radical (unpaired) electrons. The Morgan fingerprint density at radius 2 is 1.93 bits per heavy atom. The van der Waals surface area contributed by atoms with Crippen molar-refractivity contribution in [3.63, 3.8) is 0 Å². The van der Waals surface area contributed by atoms with E-state index in [1.54, 1.807) is 0 Å². The van der Waals surface area contributed by atoms with Gasteiger partial charge in [-0.3, -0.25) is 0 Å². The monoisotopic (exact) mass is 207 g/mol. The number of hydrogen-bond donors (Lipinski definition) is 1. The molecule has 0 amide bonds. The van der Waals surface area contributed by atoms with Gasteiger partial charge in [0.25, 0.3) is 0 Å². The van der Waals surface area contributed by atoms with Crippen LogP contribution in [0.4, 0.5) is 0 Å². The molecule has 1 aliphatic heterocycles. The third-order valence-corrected chi connectivity index (χ3v) is 2.73. The molecule has 82 valence electrons. The van der Waals surface area contributed by atoms with Gasteiger partial charge in [-0.25, -0.2) is 0 Å². The smallest absolute Gasteiger partial charge is 0.161 e. The number of nitrogens with two attached hydrogens (primary N) is 1. The quantitative estimate of drug-likeness (QED) is 0.804. The fourth-order valence-electron chi connectivity index (χ4n) is 1.65. The number of fused-ring (bicyclic) bond motifs is 1. The standard InChI is InChI=1S/C12H17NO2/c1-8(2)12(13)11-7-14-9-5-3-4-6-10(9)15-11/h3-6,8,11-12H,7,13H2,1-2H3. The van der Waals surface area contributed by atoms with Crippen molar-refractivity contribution in [3.05, 3.63) is 24.3 Å². The SMILES string of the molecule is CC(C)C(N)C1COc2ccccc2O1. The first kappa shape index (κ1) is 10.3. The van der Waals surface area contributed by atoms with Gasteiger partial charge in [0.05, 0.1) is 0 Å². The summed E-state index contributed by atoms with van der Waals surface area (Å²) in [5, 5.41) is 0. The summed E-state index contributed by atoms with van der Waals surface area (Å²) in [6.45, 7) is 4.72. The summed E-state index contributed by atoms with van der Waals surface area (Å²) in [5.41, 5.74) is 6.04. The normalized spacial score (nSPS) is 21.5. The number of para-hydroxylation sites is 2. The average molecular weight is 207 g/mol. The molecule has 2 rings (SSSR count). The van der Waals surface area contributed by atoms with Crippen LogP contribution < -0.4 is 15.2 Å². The van der Waals surface area contributed by atoms with Crippen molar-refractivity contribution in [3.8, 4) is 11.5 Å². The van der Waals surface area contributed by atoms with Gasteiger partial charge in [-0.15, -0.1) is 0 Å². The zero-order chi connectivity index (χ0) is 10.8. The molecule has 2 atom stereocenters. The van der Waals surface area contributed by atoms with Crippen LogP contribution in [0.1, 0.15) is 13.8 Å². The van der Waals surface area contributed by atoms with Crippen LogP contribution in [0.2, 0.25) is 0 Å². The second kappa shape index (κ2) is 4.11. The lowest BCUT2D eigenvalue weighted by Gasteiger charge is -2.31. The highest BCUT2D eigenvalue weighted by atomic mass is 16.6. The van der Waals surface area contributed by atoms with Crippen molar-refractivity contribution < 1.29 is 9.47 Å². The summed E-state index contributed by atoms with van der Waals surface area (Å²) >= 11 is 0. The van der Waals surface area contributed by atoms with Crippen molar-refractivity contribution in [2.45, 2.75) is 26.0 Å². The summed E-state index contributed by atoms with van der Waals surface area (Å²) in [5.74, 6) is 2.00. The van der Waals surface area contributed by atoms with Crippen LogP contribution in [-0.4, -0.2) is 18.8 Å². The molecule has 1 aliphatic rings. The Bertz CT molecular complexity index is 338. The van der Waals surface area contributed by atoms with E-state index in [0.29, 0.717) is 12.5 Å². The van der Waals surface area contributed by atoms with Crippen molar-refractivity contribution >= 4 is 0 Å². The highest BCUT2D eigenvalue weighted by Crippen LogP contribution is 2.31. The Kier molecular flexibility index (Phi) is 2.82. The molecule has 0 bridgehead atoms. The second-order valence-electron chi connectivity index (χ2n) is 4.24. The Morgan fingerprint density at radius 1 is 1.27 bits per heavy atom. The molecular weight excluding hydrogens is 190 g/mol. The summed E-state index contributed by atoms with van der Waals surface area (Å²) in [6, 6.07) is 7.70. The Balaban J connectivity index is 2.12. The average Bonchev–Trinajstić information content (AvgIpc) is 2.27. The van der Waals surface area contributed by atoms with Crippen molar-refractivity contribution in [1.82, 2.24) is 0 Å². The van der Waals surface area contributed by atoms with E-state index in [-0.39, 0.29) is 12.1 Å². The molecule has 3 heteroatoms. The molecule has 1 aromatic rings. The fourth-order valence-corrected chi connectivity index (χ4v) is 1.65. The Hall–Kier alpha value is -1.22. The molecule has 2 unspecified atom stereocenters. The number of hydrogen-bond acceptors (Lipinski definition) is 3. The summed E-state index contributed by atoms with van der Waals surface area (Å²) in [6.07, 6.45) is -0.0418. The van der Waals surface area contributed by atoms with E-state index in [0.717, 1.165) is 11.5 Å². The highest BCUT2D eigenvalue weighted by Gasteiger charge is 2.27. The maximum absolute atomic E-state index is 6.04. The first-order chi connectivity index (χ1) is 7.18. The Labute approximate surface area is 90.2 Å². The number of benzene rings is 1.